The zero-order valence-corrected chi connectivity index (χ0v) is 26.4. The van der Waals surface area contributed by atoms with Gasteiger partial charge in [0.1, 0.15) is 0 Å². The lowest BCUT2D eigenvalue weighted by atomic mass is 9.77. The number of carboxylic acid groups (broad SMARTS) is 1. The minimum Gasteiger partial charge on any atom is -0.481 e. The number of carboxylic acids is 1. The van der Waals surface area contributed by atoms with E-state index in [1.807, 2.05) is 19.1 Å². The molecule has 46 heavy (non-hydrogen) atoms. The van der Waals surface area contributed by atoms with Crippen molar-refractivity contribution in [3.05, 3.63) is 93.5 Å². The second kappa shape index (κ2) is 12.8. The van der Waals surface area contributed by atoms with E-state index in [-0.39, 0.29) is 56.0 Å². The van der Waals surface area contributed by atoms with Crippen molar-refractivity contribution >= 4 is 52.5 Å². The number of piperidine rings is 1. The summed E-state index contributed by atoms with van der Waals surface area (Å²) in [5.74, 6) is -1.56. The Morgan fingerprint density at radius 2 is 1.57 bits per heavy atom. The number of hydrogen-bond donors (Lipinski definition) is 2. The average molecular weight is 679 g/mol. The third-order valence-corrected chi connectivity index (χ3v) is 9.26. The molecule has 1 atom stereocenters. The molecule has 3 amide bonds. The second-order valence-electron chi connectivity index (χ2n) is 12.1. The molecule has 3 aromatic carbocycles. The van der Waals surface area contributed by atoms with Crippen LogP contribution >= 0.6 is 23.2 Å². The van der Waals surface area contributed by atoms with Crippen molar-refractivity contribution in [2.75, 3.05) is 36.0 Å². The summed E-state index contributed by atoms with van der Waals surface area (Å²) < 4.78 is 39.9. The molecule has 0 aromatic heterocycles. The summed E-state index contributed by atoms with van der Waals surface area (Å²) in [6.45, 7) is 1.78. The number of benzene rings is 3. The van der Waals surface area contributed by atoms with Gasteiger partial charge in [-0.05, 0) is 67.8 Å². The lowest BCUT2D eigenvalue weighted by Crippen LogP contribution is -2.61. The number of rotatable bonds is 7. The van der Waals surface area contributed by atoms with Crippen LogP contribution in [-0.2, 0) is 21.4 Å². The summed E-state index contributed by atoms with van der Waals surface area (Å²) in [4.78, 5) is 44.3. The quantitative estimate of drug-likeness (QED) is 0.277. The molecule has 0 saturated carbocycles. The maximum absolute atomic E-state index is 13.9. The molecule has 2 fully saturated rings. The molecule has 0 bridgehead atoms. The van der Waals surface area contributed by atoms with E-state index in [2.05, 4.69) is 0 Å². The highest BCUT2D eigenvalue weighted by molar-refractivity contribution is 6.37. The minimum atomic E-state index is -4.57. The van der Waals surface area contributed by atoms with Gasteiger partial charge in [-0.3, -0.25) is 19.4 Å². The monoisotopic (exact) mass is 677 g/mol. The molecular formula is C33H32Cl2F3N3O5. The molecule has 5 rings (SSSR count). The fourth-order valence-electron chi connectivity index (χ4n) is 6.26. The standard InChI is InChI=1S/C33H32Cl2F3N3O5/c1-21-5-8-25(9-6-21)40-19-31(18-29(43)44,20-41(30(40)45)27-10-7-24(34)16-26(27)35)17-28(42)39-13-11-32(46,12-14-39)22-3-2-4-23(15-22)33(36,37)38/h2-10,15-16,46H,11-14,17-20H2,1H3,(H,43,44). The van der Waals surface area contributed by atoms with Gasteiger partial charge in [-0.2, -0.15) is 13.2 Å². The number of alkyl halides is 3. The maximum Gasteiger partial charge on any atom is 0.416 e. The van der Waals surface area contributed by atoms with Gasteiger partial charge in [0.05, 0.1) is 28.3 Å². The Bertz CT molecular complexity index is 1640. The van der Waals surface area contributed by atoms with E-state index in [9.17, 15) is 37.8 Å². The number of anilines is 2. The SMILES string of the molecule is Cc1ccc(N2CC(CC(=O)O)(CC(=O)N3CCC(O)(c4cccc(C(F)(F)F)c4)CC3)CN(c3ccc(Cl)cc3Cl)C2=O)cc1. The number of halogens is 5. The average Bonchev–Trinajstić information content (AvgIpc) is 2.98. The van der Waals surface area contributed by atoms with Crippen molar-refractivity contribution in [1.29, 1.82) is 0 Å². The molecular weight excluding hydrogens is 646 g/mol. The van der Waals surface area contributed by atoms with Crippen molar-refractivity contribution < 1.29 is 37.8 Å². The van der Waals surface area contributed by atoms with Gasteiger partial charge in [0.25, 0.3) is 0 Å². The summed E-state index contributed by atoms with van der Waals surface area (Å²) in [7, 11) is 0. The van der Waals surface area contributed by atoms with E-state index in [1.54, 1.807) is 24.3 Å². The van der Waals surface area contributed by atoms with Crippen molar-refractivity contribution in [1.82, 2.24) is 4.90 Å². The number of aliphatic carboxylic acids is 1. The summed E-state index contributed by atoms with van der Waals surface area (Å²) in [5, 5.41) is 21.8. The molecule has 3 aromatic rings. The topological polar surface area (TPSA) is 101 Å². The highest BCUT2D eigenvalue weighted by Crippen LogP contribution is 2.42. The Kier molecular flexibility index (Phi) is 9.32. The Hall–Kier alpha value is -3.80. The maximum atomic E-state index is 13.9. The largest absolute Gasteiger partial charge is 0.481 e. The van der Waals surface area contributed by atoms with Gasteiger partial charge in [0, 0.05) is 48.7 Å². The van der Waals surface area contributed by atoms with Crippen LogP contribution in [0.4, 0.5) is 29.3 Å². The van der Waals surface area contributed by atoms with Crippen LogP contribution in [0.3, 0.4) is 0 Å². The molecule has 13 heteroatoms. The normalized spacial score (nSPS) is 20.2. The first kappa shape index (κ1) is 33.6. The van der Waals surface area contributed by atoms with Crippen molar-refractivity contribution in [3.8, 4) is 0 Å². The number of aliphatic hydroxyl groups is 1. The third kappa shape index (κ3) is 7.11. The van der Waals surface area contributed by atoms with Gasteiger partial charge in [0.2, 0.25) is 5.91 Å². The highest BCUT2D eigenvalue weighted by atomic mass is 35.5. The third-order valence-electron chi connectivity index (χ3n) is 8.72. The molecule has 1 unspecified atom stereocenters. The fourth-order valence-corrected chi connectivity index (χ4v) is 6.77. The zero-order chi connectivity index (χ0) is 33.4. The lowest BCUT2D eigenvalue weighted by molar-refractivity contribution is -0.142. The Balaban J connectivity index is 1.43. The molecule has 0 spiro atoms. The van der Waals surface area contributed by atoms with Crippen LogP contribution in [0.25, 0.3) is 0 Å². The predicted molar refractivity (Wildman–Crippen MR) is 168 cm³/mol. The number of nitrogens with zero attached hydrogens (tertiary/aromatic N) is 3. The lowest BCUT2D eigenvalue weighted by Gasteiger charge is -2.48. The van der Waals surface area contributed by atoms with Gasteiger partial charge >= 0.3 is 18.2 Å². The summed E-state index contributed by atoms with van der Waals surface area (Å²) in [6, 6.07) is 15.8. The van der Waals surface area contributed by atoms with Crippen LogP contribution in [0.2, 0.25) is 10.0 Å². The summed E-state index contributed by atoms with van der Waals surface area (Å²) in [5.41, 5.74) is -1.82. The zero-order valence-electron chi connectivity index (χ0n) is 24.9. The molecule has 2 aliphatic rings. The second-order valence-corrected chi connectivity index (χ2v) is 13.0. The number of amides is 3. The van der Waals surface area contributed by atoms with E-state index < -0.39 is 47.1 Å². The summed E-state index contributed by atoms with van der Waals surface area (Å²) >= 11 is 12.6. The van der Waals surface area contributed by atoms with Crippen LogP contribution < -0.4 is 9.80 Å². The Labute approximate surface area is 273 Å². The van der Waals surface area contributed by atoms with Gasteiger partial charge < -0.3 is 15.1 Å². The van der Waals surface area contributed by atoms with Crippen LogP contribution in [0.1, 0.15) is 42.4 Å². The van der Waals surface area contributed by atoms with E-state index in [1.165, 1.54) is 32.9 Å². The van der Waals surface area contributed by atoms with Gasteiger partial charge in [-0.15, -0.1) is 0 Å². The van der Waals surface area contributed by atoms with Gasteiger partial charge in [-0.25, -0.2) is 4.79 Å². The van der Waals surface area contributed by atoms with E-state index >= 15 is 0 Å². The molecule has 2 aliphatic heterocycles. The molecule has 0 radical (unpaired) electrons. The van der Waals surface area contributed by atoms with Crippen molar-refractivity contribution in [2.24, 2.45) is 5.41 Å². The van der Waals surface area contributed by atoms with Crippen LogP contribution in [-0.4, -0.2) is 59.2 Å². The van der Waals surface area contributed by atoms with Crippen LogP contribution in [0.5, 0.6) is 0 Å². The molecule has 2 N–H and O–H groups in total. The molecule has 2 heterocycles. The van der Waals surface area contributed by atoms with Crippen molar-refractivity contribution in [2.45, 2.75) is 44.4 Å². The number of carbonyl (C=O) groups excluding carboxylic acids is 2. The summed E-state index contributed by atoms with van der Waals surface area (Å²) in [6.07, 6.45) is -5.28. The van der Waals surface area contributed by atoms with E-state index in [4.69, 9.17) is 23.2 Å². The van der Waals surface area contributed by atoms with E-state index in [0.29, 0.717) is 16.4 Å². The Morgan fingerprint density at radius 1 is 0.913 bits per heavy atom. The molecule has 244 valence electrons. The molecule has 2 saturated heterocycles. The van der Waals surface area contributed by atoms with Crippen molar-refractivity contribution in [3.63, 3.8) is 0 Å². The first-order valence-corrected chi connectivity index (χ1v) is 15.4. The van der Waals surface area contributed by atoms with Crippen LogP contribution in [0, 0.1) is 12.3 Å². The van der Waals surface area contributed by atoms with Gasteiger partial charge in [-0.1, -0.05) is 53.0 Å². The first-order valence-electron chi connectivity index (χ1n) is 14.6. The number of aryl methyl sites for hydroxylation is 1. The highest BCUT2D eigenvalue weighted by Gasteiger charge is 2.48. The predicted octanol–water partition coefficient (Wildman–Crippen LogP) is 7.13. The number of urea groups is 1. The minimum absolute atomic E-state index is 0.00747. The van der Waals surface area contributed by atoms with E-state index in [0.717, 1.165) is 17.7 Å². The van der Waals surface area contributed by atoms with Crippen LogP contribution in [0.15, 0.2) is 66.7 Å². The number of likely N-dealkylation sites (tertiary alicyclic amines) is 1. The molecule has 0 aliphatic carbocycles. The van der Waals surface area contributed by atoms with Gasteiger partial charge in [0.15, 0.2) is 0 Å². The first-order chi connectivity index (χ1) is 21.6. The Morgan fingerprint density at radius 3 is 2.17 bits per heavy atom. The molecule has 8 nitrogen and oxygen atoms in total. The number of carbonyl (C=O) groups is 3. The number of hydrogen-bond acceptors (Lipinski definition) is 4. The smallest absolute Gasteiger partial charge is 0.416 e. The fraction of sp³-hybridized carbons (Fsp3) is 0.364.